The molecule has 0 N–H and O–H groups in total. The molecule has 0 aliphatic carbocycles. The average molecular weight is 327 g/mol. The monoisotopic (exact) mass is 327 g/mol. The summed E-state index contributed by atoms with van der Waals surface area (Å²) in [5.41, 5.74) is 3.71. The maximum Gasteiger partial charge on any atom is 0.0985 e. The fourth-order valence-electron chi connectivity index (χ4n) is 3.87. The van der Waals surface area contributed by atoms with Crippen molar-refractivity contribution in [3.8, 4) is 0 Å². The second kappa shape index (κ2) is 5.99. The van der Waals surface area contributed by atoms with Gasteiger partial charge in [0.15, 0.2) is 0 Å². The summed E-state index contributed by atoms with van der Waals surface area (Å²) >= 11 is 1.88. The number of likely N-dealkylation sites (tertiary alicyclic amines) is 1. The van der Waals surface area contributed by atoms with Gasteiger partial charge in [-0.1, -0.05) is 19.9 Å². The van der Waals surface area contributed by atoms with E-state index in [-0.39, 0.29) is 0 Å². The fourth-order valence-corrected chi connectivity index (χ4v) is 5.04. The third-order valence-corrected chi connectivity index (χ3v) is 6.49. The Hall–Kier alpha value is -1.26. The lowest BCUT2D eigenvalue weighted by molar-refractivity contribution is 0.401. The van der Waals surface area contributed by atoms with E-state index in [9.17, 15) is 0 Å². The number of rotatable bonds is 2. The molecule has 2 aliphatic heterocycles. The zero-order valence-corrected chi connectivity index (χ0v) is 15.1. The Balaban J connectivity index is 1.65. The van der Waals surface area contributed by atoms with Crippen molar-refractivity contribution in [3.63, 3.8) is 0 Å². The Morgan fingerprint density at radius 3 is 2.78 bits per heavy atom. The molecular weight excluding hydrogens is 302 g/mol. The number of nitrogens with zero attached hydrogens (tertiary/aromatic N) is 3. The van der Waals surface area contributed by atoms with E-state index >= 15 is 0 Å². The summed E-state index contributed by atoms with van der Waals surface area (Å²) in [7, 11) is 2.21. The molecule has 2 aromatic rings. The van der Waals surface area contributed by atoms with Crippen LogP contribution in [0.25, 0.3) is 10.2 Å². The van der Waals surface area contributed by atoms with Crippen molar-refractivity contribution in [2.75, 3.05) is 26.7 Å². The molecule has 1 aromatic heterocycles. The number of hydrogen-bond acceptors (Lipinski definition) is 4. The van der Waals surface area contributed by atoms with Gasteiger partial charge in [-0.2, -0.15) is 0 Å². The molecule has 3 heterocycles. The summed E-state index contributed by atoms with van der Waals surface area (Å²) in [5.74, 6) is 2.02. The molecule has 122 valence electrons. The smallest absolute Gasteiger partial charge is 0.0985 e. The normalized spacial score (nSPS) is 29.2. The maximum absolute atomic E-state index is 4.99. The van der Waals surface area contributed by atoms with Crippen LogP contribution in [0.2, 0.25) is 0 Å². The van der Waals surface area contributed by atoms with Crippen molar-refractivity contribution in [2.45, 2.75) is 32.6 Å². The lowest BCUT2D eigenvalue weighted by atomic mass is 9.96. The van der Waals surface area contributed by atoms with Gasteiger partial charge in [-0.05, 0) is 49.4 Å². The summed E-state index contributed by atoms with van der Waals surface area (Å²) in [4.78, 5) is 12.2. The highest BCUT2D eigenvalue weighted by molar-refractivity contribution is 7.18. The zero-order chi connectivity index (χ0) is 16.0. The molecule has 23 heavy (non-hydrogen) atoms. The summed E-state index contributed by atoms with van der Waals surface area (Å²) in [6.07, 6.45) is 2.36. The van der Waals surface area contributed by atoms with Gasteiger partial charge in [0.05, 0.1) is 15.2 Å². The summed E-state index contributed by atoms with van der Waals surface area (Å²) < 4.78 is 1.32. The van der Waals surface area contributed by atoms with Gasteiger partial charge >= 0.3 is 0 Å². The van der Waals surface area contributed by atoms with Crippen LogP contribution in [0.15, 0.2) is 23.2 Å². The number of aliphatic imine (C=N–C) groups is 1. The first-order valence-corrected chi connectivity index (χ1v) is 9.54. The Morgan fingerprint density at radius 2 is 2.09 bits per heavy atom. The SMILES string of the molecule is C[C@H]1CCC(c2ccc3sc([C@@H]4CN(C)C[C@H]4C)nc3c2)=NC1. The molecule has 0 unspecified atom stereocenters. The third-order valence-electron chi connectivity index (χ3n) is 5.32. The van der Waals surface area contributed by atoms with Crippen molar-refractivity contribution in [3.05, 3.63) is 28.8 Å². The largest absolute Gasteiger partial charge is 0.305 e. The van der Waals surface area contributed by atoms with Crippen molar-refractivity contribution < 1.29 is 0 Å². The number of hydrogen-bond donors (Lipinski definition) is 0. The number of aromatic nitrogens is 1. The second-order valence-corrected chi connectivity index (χ2v) is 8.53. The zero-order valence-electron chi connectivity index (χ0n) is 14.2. The Bertz CT molecular complexity index is 748. The van der Waals surface area contributed by atoms with Gasteiger partial charge in [-0.25, -0.2) is 4.98 Å². The van der Waals surface area contributed by atoms with E-state index in [1.165, 1.54) is 33.9 Å². The molecule has 4 rings (SSSR count). The van der Waals surface area contributed by atoms with Crippen LogP contribution < -0.4 is 0 Å². The molecule has 0 amide bonds. The second-order valence-electron chi connectivity index (χ2n) is 7.47. The molecule has 0 bridgehead atoms. The fraction of sp³-hybridized carbons (Fsp3) is 0.579. The average Bonchev–Trinajstić information content (AvgIpc) is 3.09. The number of fused-ring (bicyclic) bond motifs is 1. The van der Waals surface area contributed by atoms with E-state index in [2.05, 4.69) is 44.0 Å². The number of likely N-dealkylation sites (N-methyl/N-ethyl adjacent to an activating group) is 1. The molecule has 0 saturated carbocycles. The highest BCUT2D eigenvalue weighted by Gasteiger charge is 2.31. The van der Waals surface area contributed by atoms with Crippen LogP contribution in [0.5, 0.6) is 0 Å². The third kappa shape index (κ3) is 2.94. The first kappa shape index (κ1) is 15.3. The first-order valence-electron chi connectivity index (χ1n) is 8.73. The lowest BCUT2D eigenvalue weighted by Gasteiger charge is -2.17. The van der Waals surface area contributed by atoms with Crippen molar-refractivity contribution in [1.29, 1.82) is 0 Å². The van der Waals surface area contributed by atoms with Crippen LogP contribution in [-0.2, 0) is 0 Å². The maximum atomic E-state index is 4.99. The molecule has 4 heteroatoms. The first-order chi connectivity index (χ1) is 11.1. The Morgan fingerprint density at radius 1 is 1.22 bits per heavy atom. The van der Waals surface area contributed by atoms with E-state index in [0.29, 0.717) is 11.8 Å². The molecule has 1 saturated heterocycles. The molecule has 0 radical (unpaired) electrons. The van der Waals surface area contributed by atoms with E-state index < -0.39 is 0 Å². The predicted octanol–water partition coefficient (Wildman–Crippen LogP) is 4.18. The van der Waals surface area contributed by atoms with Gasteiger partial charge in [-0.15, -0.1) is 11.3 Å². The predicted molar refractivity (Wildman–Crippen MR) is 98.8 cm³/mol. The Kier molecular flexibility index (Phi) is 3.98. The van der Waals surface area contributed by atoms with Crippen LogP contribution >= 0.6 is 11.3 Å². The quantitative estimate of drug-likeness (QED) is 0.828. The molecule has 3 atom stereocenters. The highest BCUT2D eigenvalue weighted by atomic mass is 32.1. The molecule has 2 aliphatic rings. The number of thiazole rings is 1. The van der Waals surface area contributed by atoms with Crippen LogP contribution in [0, 0.1) is 11.8 Å². The topological polar surface area (TPSA) is 28.5 Å². The van der Waals surface area contributed by atoms with Crippen LogP contribution in [-0.4, -0.2) is 42.3 Å². The molecule has 0 spiro atoms. The van der Waals surface area contributed by atoms with Crippen molar-refractivity contribution in [2.24, 2.45) is 16.8 Å². The van der Waals surface area contributed by atoms with E-state index in [1.54, 1.807) is 0 Å². The highest BCUT2D eigenvalue weighted by Crippen LogP contribution is 2.36. The van der Waals surface area contributed by atoms with Gasteiger partial charge < -0.3 is 4.90 Å². The van der Waals surface area contributed by atoms with Gasteiger partial charge in [0.25, 0.3) is 0 Å². The van der Waals surface area contributed by atoms with E-state index in [0.717, 1.165) is 30.9 Å². The molecule has 1 aromatic carbocycles. The summed E-state index contributed by atoms with van der Waals surface area (Å²) in [6.45, 7) is 7.93. The van der Waals surface area contributed by atoms with E-state index in [1.807, 2.05) is 11.3 Å². The molecule has 1 fully saturated rings. The molecular formula is C19H25N3S. The van der Waals surface area contributed by atoms with Gasteiger partial charge in [0.1, 0.15) is 0 Å². The van der Waals surface area contributed by atoms with Crippen molar-refractivity contribution >= 4 is 27.3 Å². The summed E-state index contributed by atoms with van der Waals surface area (Å²) in [6, 6.07) is 6.74. The van der Waals surface area contributed by atoms with Gasteiger partial charge in [0, 0.05) is 31.3 Å². The van der Waals surface area contributed by atoms with E-state index in [4.69, 9.17) is 9.98 Å². The van der Waals surface area contributed by atoms with Gasteiger partial charge in [0.2, 0.25) is 0 Å². The Labute approximate surface area is 142 Å². The summed E-state index contributed by atoms with van der Waals surface area (Å²) in [5, 5.41) is 1.31. The lowest BCUT2D eigenvalue weighted by Crippen LogP contribution is -2.14. The van der Waals surface area contributed by atoms with Crippen molar-refractivity contribution in [1.82, 2.24) is 9.88 Å². The number of benzene rings is 1. The minimum atomic E-state index is 0.591. The van der Waals surface area contributed by atoms with Crippen LogP contribution in [0.4, 0.5) is 0 Å². The minimum Gasteiger partial charge on any atom is -0.305 e. The minimum absolute atomic E-state index is 0.591. The van der Waals surface area contributed by atoms with Crippen LogP contribution in [0.1, 0.15) is 43.2 Å². The molecule has 3 nitrogen and oxygen atoms in total. The van der Waals surface area contributed by atoms with Gasteiger partial charge in [-0.3, -0.25) is 4.99 Å². The standard InChI is InChI=1S/C19H25N3S/c1-12-4-6-16(20-9-12)14-5-7-18-17(8-14)21-19(23-18)15-11-22(3)10-13(15)2/h5,7-8,12-13,15H,4,6,9-11H2,1-3H3/t12-,13+,15+/m0/s1. The van der Waals surface area contributed by atoms with Crippen LogP contribution in [0.3, 0.4) is 0 Å².